The summed E-state index contributed by atoms with van der Waals surface area (Å²) in [5, 5.41) is 0. The van der Waals surface area contributed by atoms with Gasteiger partial charge in [0.05, 0.1) is 0 Å². The highest BCUT2D eigenvalue weighted by molar-refractivity contribution is 5.81. The van der Waals surface area contributed by atoms with E-state index in [4.69, 9.17) is 5.73 Å². The molecule has 0 aliphatic heterocycles. The molecule has 0 unspecified atom stereocenters. The average Bonchev–Trinajstić information content (AvgIpc) is 2.20. The number of hydrogen-bond acceptors (Lipinski definition) is 3. The molecule has 0 rings (SSSR count). The van der Waals surface area contributed by atoms with Crippen LogP contribution >= 0.6 is 0 Å². The number of unbranched alkanes of at least 4 members (excludes halogenated alkanes) is 5. The van der Waals surface area contributed by atoms with Crippen molar-refractivity contribution in [2.75, 3.05) is 6.61 Å². The smallest absolute Gasteiger partial charge is 0.404 e. The lowest BCUT2D eigenvalue weighted by atomic mass is 10.1. The van der Waals surface area contributed by atoms with E-state index in [1.807, 2.05) is 0 Å². The summed E-state index contributed by atoms with van der Waals surface area (Å²) in [6, 6.07) is 0. The molecule has 0 aliphatic rings. The van der Waals surface area contributed by atoms with Gasteiger partial charge in [-0.15, -0.1) is 0 Å². The monoisotopic (exact) mass is 215 g/mol. The van der Waals surface area contributed by atoms with Crippen molar-refractivity contribution in [3.8, 4) is 0 Å². The third kappa shape index (κ3) is 10.9. The number of nitrogens with two attached hydrogens (primary N) is 1. The van der Waals surface area contributed by atoms with Crippen LogP contribution in [0.2, 0.25) is 0 Å². The number of carbonyl (C=O) groups excluding carboxylic acids is 2. The predicted octanol–water partition coefficient (Wildman–Crippen LogP) is 2.40. The Morgan fingerprint density at radius 2 is 1.67 bits per heavy atom. The Hall–Kier alpha value is -1.06. The lowest BCUT2D eigenvalue weighted by molar-refractivity contribution is -0.121. The van der Waals surface area contributed by atoms with Gasteiger partial charge in [0.25, 0.3) is 0 Å². The van der Waals surface area contributed by atoms with Crippen LogP contribution in [0.25, 0.3) is 0 Å². The summed E-state index contributed by atoms with van der Waals surface area (Å²) >= 11 is 0. The number of hydrogen-bond donors (Lipinski definition) is 1. The summed E-state index contributed by atoms with van der Waals surface area (Å²) in [5.74, 6) is -0.0516. The Kier molecular flexibility index (Phi) is 8.82. The van der Waals surface area contributed by atoms with E-state index < -0.39 is 6.09 Å². The van der Waals surface area contributed by atoms with Gasteiger partial charge in [0.1, 0.15) is 0 Å². The molecule has 2 N–H and O–H groups in total. The van der Waals surface area contributed by atoms with Crippen molar-refractivity contribution in [2.24, 2.45) is 5.73 Å². The molecular weight excluding hydrogens is 194 g/mol. The number of amides is 1. The quantitative estimate of drug-likeness (QED) is 0.600. The summed E-state index contributed by atoms with van der Waals surface area (Å²) in [5.41, 5.74) is 4.74. The molecule has 0 aliphatic carbocycles. The van der Waals surface area contributed by atoms with Gasteiger partial charge in [-0.2, -0.15) is 0 Å². The molecule has 4 nitrogen and oxygen atoms in total. The summed E-state index contributed by atoms with van der Waals surface area (Å²) in [6.07, 6.45) is 6.46. The third-order valence-corrected chi connectivity index (χ3v) is 2.18. The van der Waals surface area contributed by atoms with E-state index in [9.17, 15) is 9.59 Å². The zero-order valence-electron chi connectivity index (χ0n) is 9.46. The van der Waals surface area contributed by atoms with Crippen molar-refractivity contribution >= 4 is 11.9 Å². The molecule has 1 amide bonds. The first kappa shape index (κ1) is 13.9. The molecule has 88 valence electrons. The minimum atomic E-state index is -0.883. The minimum absolute atomic E-state index is 0.0516. The Labute approximate surface area is 91.2 Å². The van der Waals surface area contributed by atoms with Gasteiger partial charge in [-0.25, -0.2) is 4.79 Å². The van der Waals surface area contributed by atoms with Crippen LogP contribution in [-0.4, -0.2) is 18.5 Å². The van der Waals surface area contributed by atoms with Gasteiger partial charge in [-0.3, -0.25) is 4.79 Å². The summed E-state index contributed by atoms with van der Waals surface area (Å²) in [6.45, 7) is 2.00. The van der Waals surface area contributed by atoms with E-state index in [2.05, 4.69) is 11.7 Å². The third-order valence-electron chi connectivity index (χ3n) is 2.18. The standard InChI is InChI=1S/C11H21NO3/c1-2-3-4-5-6-7-8-10(13)9-15-11(12)14/h2-9H2,1H3,(H2,12,14). The topological polar surface area (TPSA) is 69.4 Å². The molecule has 15 heavy (non-hydrogen) atoms. The van der Waals surface area contributed by atoms with Crippen LogP contribution in [0.3, 0.4) is 0 Å². The maximum absolute atomic E-state index is 11.1. The van der Waals surface area contributed by atoms with Gasteiger partial charge in [0, 0.05) is 6.42 Å². The van der Waals surface area contributed by atoms with Gasteiger partial charge in [-0.1, -0.05) is 39.0 Å². The Morgan fingerprint density at radius 3 is 2.27 bits per heavy atom. The van der Waals surface area contributed by atoms with E-state index in [0.29, 0.717) is 6.42 Å². The zero-order valence-corrected chi connectivity index (χ0v) is 9.46. The number of ketones is 1. The molecule has 0 fully saturated rings. The Morgan fingerprint density at radius 1 is 1.07 bits per heavy atom. The fourth-order valence-corrected chi connectivity index (χ4v) is 1.33. The zero-order chi connectivity index (χ0) is 11.5. The van der Waals surface area contributed by atoms with Crippen molar-refractivity contribution in [1.29, 1.82) is 0 Å². The van der Waals surface area contributed by atoms with Crippen molar-refractivity contribution in [3.63, 3.8) is 0 Å². The molecule has 0 saturated heterocycles. The van der Waals surface area contributed by atoms with Crippen molar-refractivity contribution in [2.45, 2.75) is 51.9 Å². The highest BCUT2D eigenvalue weighted by atomic mass is 16.5. The molecular formula is C11H21NO3. The van der Waals surface area contributed by atoms with Crippen molar-refractivity contribution in [3.05, 3.63) is 0 Å². The van der Waals surface area contributed by atoms with Gasteiger partial charge >= 0.3 is 6.09 Å². The number of ether oxygens (including phenoxy) is 1. The van der Waals surface area contributed by atoms with Gasteiger partial charge in [-0.05, 0) is 6.42 Å². The molecule has 0 radical (unpaired) electrons. The molecule has 0 saturated carbocycles. The summed E-state index contributed by atoms with van der Waals surface area (Å²) in [7, 11) is 0. The lowest BCUT2D eigenvalue weighted by Crippen LogP contribution is -2.18. The largest absolute Gasteiger partial charge is 0.442 e. The fourth-order valence-electron chi connectivity index (χ4n) is 1.33. The average molecular weight is 215 g/mol. The highest BCUT2D eigenvalue weighted by Crippen LogP contribution is 2.07. The number of rotatable bonds is 9. The van der Waals surface area contributed by atoms with Crippen LogP contribution in [0.1, 0.15) is 51.9 Å². The first-order valence-electron chi connectivity index (χ1n) is 5.60. The maximum Gasteiger partial charge on any atom is 0.404 e. The van der Waals surface area contributed by atoms with Crippen LogP contribution < -0.4 is 5.73 Å². The second kappa shape index (κ2) is 9.49. The predicted molar refractivity (Wildman–Crippen MR) is 58.5 cm³/mol. The fraction of sp³-hybridized carbons (Fsp3) is 0.818. The molecule has 0 aromatic heterocycles. The van der Waals surface area contributed by atoms with E-state index >= 15 is 0 Å². The van der Waals surface area contributed by atoms with E-state index in [0.717, 1.165) is 12.8 Å². The van der Waals surface area contributed by atoms with Crippen LogP contribution in [0.5, 0.6) is 0 Å². The summed E-state index contributed by atoms with van der Waals surface area (Å²) in [4.78, 5) is 21.3. The molecule has 0 aromatic carbocycles. The lowest BCUT2D eigenvalue weighted by Gasteiger charge is -2.01. The summed E-state index contributed by atoms with van der Waals surface area (Å²) < 4.78 is 4.39. The first-order chi connectivity index (χ1) is 7.16. The van der Waals surface area contributed by atoms with Crippen LogP contribution in [0.15, 0.2) is 0 Å². The molecule has 0 aromatic rings. The van der Waals surface area contributed by atoms with Crippen LogP contribution in [0, 0.1) is 0 Å². The van der Waals surface area contributed by atoms with Gasteiger partial charge in [0.15, 0.2) is 12.4 Å². The molecule has 4 heteroatoms. The van der Waals surface area contributed by atoms with E-state index in [1.165, 1.54) is 25.7 Å². The normalized spacial score (nSPS) is 9.93. The van der Waals surface area contributed by atoms with E-state index in [1.54, 1.807) is 0 Å². The van der Waals surface area contributed by atoms with Gasteiger partial charge < -0.3 is 10.5 Å². The first-order valence-corrected chi connectivity index (χ1v) is 5.60. The molecule has 0 spiro atoms. The highest BCUT2D eigenvalue weighted by Gasteiger charge is 2.03. The minimum Gasteiger partial charge on any atom is -0.442 e. The Balaban J connectivity index is 3.20. The number of Topliss-reactive ketones (excluding diaryl/α,β-unsaturated/α-hetero) is 1. The number of primary amides is 1. The Bertz CT molecular complexity index is 192. The maximum atomic E-state index is 11.1. The van der Waals surface area contributed by atoms with Crippen molar-refractivity contribution in [1.82, 2.24) is 0 Å². The number of carbonyl (C=O) groups is 2. The second-order valence-electron chi connectivity index (χ2n) is 3.66. The van der Waals surface area contributed by atoms with Gasteiger partial charge in [0.2, 0.25) is 0 Å². The molecule has 0 bridgehead atoms. The molecule has 0 atom stereocenters. The molecule has 0 heterocycles. The van der Waals surface area contributed by atoms with Crippen LogP contribution in [0.4, 0.5) is 4.79 Å². The van der Waals surface area contributed by atoms with Crippen LogP contribution in [-0.2, 0) is 9.53 Å². The SMILES string of the molecule is CCCCCCCCC(=O)COC(N)=O. The second-order valence-corrected chi connectivity index (χ2v) is 3.66. The van der Waals surface area contributed by atoms with E-state index in [-0.39, 0.29) is 12.4 Å². The van der Waals surface area contributed by atoms with Crippen molar-refractivity contribution < 1.29 is 14.3 Å².